The van der Waals surface area contributed by atoms with Crippen molar-refractivity contribution in [3.8, 4) is 0 Å². The van der Waals surface area contributed by atoms with Gasteiger partial charge < -0.3 is 15.6 Å². The number of hydrogen-bond acceptors (Lipinski definition) is 4. The van der Waals surface area contributed by atoms with Crippen molar-refractivity contribution in [3.63, 3.8) is 0 Å². The Hall–Kier alpha value is -1.30. The quantitative estimate of drug-likeness (QED) is 0.604. The monoisotopic (exact) mass is 202 g/mol. The maximum absolute atomic E-state index is 11.3. The SMILES string of the molecule is CCOC(=O)N1CC(O)CC1C(N)=O. The molecule has 2 atom stereocenters. The Morgan fingerprint density at radius 3 is 2.79 bits per heavy atom. The number of nitrogens with zero attached hydrogens (tertiary/aromatic N) is 1. The van der Waals surface area contributed by atoms with E-state index in [1.165, 1.54) is 0 Å². The van der Waals surface area contributed by atoms with Gasteiger partial charge in [0.2, 0.25) is 5.91 Å². The summed E-state index contributed by atoms with van der Waals surface area (Å²) in [4.78, 5) is 23.4. The summed E-state index contributed by atoms with van der Waals surface area (Å²) in [7, 11) is 0. The molecular formula is C8H14N2O4. The maximum atomic E-state index is 11.3. The van der Waals surface area contributed by atoms with Crippen molar-refractivity contribution in [2.75, 3.05) is 13.2 Å². The second kappa shape index (κ2) is 4.28. The number of rotatable bonds is 2. The van der Waals surface area contributed by atoms with Gasteiger partial charge in [0.1, 0.15) is 6.04 Å². The number of primary amides is 1. The molecule has 0 bridgehead atoms. The van der Waals surface area contributed by atoms with Gasteiger partial charge in [0, 0.05) is 6.42 Å². The molecule has 0 aromatic carbocycles. The second-order valence-corrected chi connectivity index (χ2v) is 3.16. The summed E-state index contributed by atoms with van der Waals surface area (Å²) in [6, 6.07) is -0.746. The molecule has 1 aliphatic heterocycles. The van der Waals surface area contributed by atoms with Crippen LogP contribution in [0.5, 0.6) is 0 Å². The lowest BCUT2D eigenvalue weighted by Gasteiger charge is -2.20. The van der Waals surface area contributed by atoms with E-state index in [1.54, 1.807) is 6.92 Å². The molecule has 14 heavy (non-hydrogen) atoms. The molecule has 2 unspecified atom stereocenters. The highest BCUT2D eigenvalue weighted by atomic mass is 16.6. The highest BCUT2D eigenvalue weighted by Gasteiger charge is 2.38. The Kier molecular flexibility index (Phi) is 3.29. The van der Waals surface area contributed by atoms with Gasteiger partial charge in [0.15, 0.2) is 0 Å². The van der Waals surface area contributed by atoms with Crippen LogP contribution in [0.15, 0.2) is 0 Å². The topological polar surface area (TPSA) is 92.9 Å². The van der Waals surface area contributed by atoms with E-state index in [1.807, 2.05) is 0 Å². The van der Waals surface area contributed by atoms with E-state index in [0.29, 0.717) is 0 Å². The molecule has 80 valence electrons. The van der Waals surface area contributed by atoms with Crippen molar-refractivity contribution in [2.45, 2.75) is 25.5 Å². The standard InChI is InChI=1S/C8H14N2O4/c1-2-14-8(13)10-4-5(11)3-6(10)7(9)12/h5-6,11H,2-4H2,1H3,(H2,9,12). The van der Waals surface area contributed by atoms with Crippen molar-refractivity contribution < 1.29 is 19.4 Å². The van der Waals surface area contributed by atoms with E-state index in [-0.39, 0.29) is 19.6 Å². The van der Waals surface area contributed by atoms with Gasteiger partial charge in [-0.05, 0) is 6.92 Å². The largest absolute Gasteiger partial charge is 0.450 e. The van der Waals surface area contributed by atoms with Gasteiger partial charge in [-0.1, -0.05) is 0 Å². The molecule has 0 saturated carbocycles. The number of aliphatic hydroxyl groups excluding tert-OH is 1. The third-order valence-electron chi connectivity index (χ3n) is 2.11. The molecule has 6 nitrogen and oxygen atoms in total. The second-order valence-electron chi connectivity index (χ2n) is 3.16. The first kappa shape index (κ1) is 10.8. The molecule has 1 rings (SSSR count). The van der Waals surface area contributed by atoms with Gasteiger partial charge >= 0.3 is 6.09 Å². The minimum Gasteiger partial charge on any atom is -0.450 e. The molecular weight excluding hydrogens is 188 g/mol. The lowest BCUT2D eigenvalue weighted by atomic mass is 10.2. The molecule has 1 aliphatic rings. The Bertz CT molecular complexity index is 243. The van der Waals surface area contributed by atoms with Gasteiger partial charge in [-0.15, -0.1) is 0 Å². The molecule has 0 radical (unpaired) electrons. The van der Waals surface area contributed by atoms with Crippen molar-refractivity contribution in [1.29, 1.82) is 0 Å². The van der Waals surface area contributed by atoms with Crippen LogP contribution in [0, 0.1) is 0 Å². The molecule has 1 fully saturated rings. The molecule has 0 aliphatic carbocycles. The molecule has 0 aromatic heterocycles. The van der Waals surface area contributed by atoms with Crippen molar-refractivity contribution in [1.82, 2.24) is 4.90 Å². The number of carbonyl (C=O) groups is 2. The lowest BCUT2D eigenvalue weighted by Crippen LogP contribution is -2.44. The minimum atomic E-state index is -0.746. The van der Waals surface area contributed by atoms with E-state index >= 15 is 0 Å². The highest BCUT2D eigenvalue weighted by Crippen LogP contribution is 2.18. The van der Waals surface area contributed by atoms with Gasteiger partial charge in [-0.25, -0.2) is 4.79 Å². The van der Waals surface area contributed by atoms with Gasteiger partial charge in [-0.3, -0.25) is 9.69 Å². The third-order valence-corrected chi connectivity index (χ3v) is 2.11. The number of likely N-dealkylation sites (tertiary alicyclic amines) is 1. The smallest absolute Gasteiger partial charge is 0.410 e. The number of β-amino-alcohol motifs (C(OH)–C–C–N with tert-alkyl or cyclic N) is 1. The molecule has 1 saturated heterocycles. The minimum absolute atomic E-state index is 0.104. The predicted octanol–water partition coefficient (Wildman–Crippen LogP) is -0.937. The van der Waals surface area contributed by atoms with Crippen LogP contribution < -0.4 is 5.73 Å². The van der Waals surface area contributed by atoms with Gasteiger partial charge in [0.25, 0.3) is 0 Å². The number of carbonyl (C=O) groups excluding carboxylic acids is 2. The first-order chi connectivity index (χ1) is 6.56. The van der Waals surface area contributed by atoms with Crippen LogP contribution >= 0.6 is 0 Å². The summed E-state index contributed by atoms with van der Waals surface area (Å²) < 4.78 is 4.72. The van der Waals surface area contributed by atoms with Crippen molar-refractivity contribution in [2.24, 2.45) is 5.73 Å². The molecule has 3 N–H and O–H groups in total. The number of hydrogen-bond donors (Lipinski definition) is 2. The van der Waals surface area contributed by atoms with Crippen LogP contribution in [-0.2, 0) is 9.53 Å². The van der Waals surface area contributed by atoms with E-state index in [9.17, 15) is 14.7 Å². The van der Waals surface area contributed by atoms with Crippen molar-refractivity contribution in [3.05, 3.63) is 0 Å². The van der Waals surface area contributed by atoms with E-state index < -0.39 is 24.1 Å². The average Bonchev–Trinajstić information content (AvgIpc) is 2.48. The summed E-state index contributed by atoms with van der Waals surface area (Å²) in [5.41, 5.74) is 5.08. The highest BCUT2D eigenvalue weighted by molar-refractivity contribution is 5.85. The fourth-order valence-electron chi connectivity index (χ4n) is 1.49. The Morgan fingerprint density at radius 2 is 2.29 bits per heavy atom. The molecule has 0 spiro atoms. The Balaban J connectivity index is 2.66. The van der Waals surface area contributed by atoms with Crippen LogP contribution in [0.3, 0.4) is 0 Å². The van der Waals surface area contributed by atoms with Gasteiger partial charge in [0.05, 0.1) is 19.3 Å². The van der Waals surface area contributed by atoms with Crippen LogP contribution in [0.1, 0.15) is 13.3 Å². The average molecular weight is 202 g/mol. The fraction of sp³-hybridized carbons (Fsp3) is 0.750. The zero-order valence-electron chi connectivity index (χ0n) is 7.97. The zero-order valence-corrected chi connectivity index (χ0v) is 7.97. The number of amides is 2. The van der Waals surface area contributed by atoms with E-state index in [4.69, 9.17) is 10.5 Å². The third kappa shape index (κ3) is 2.14. The summed E-state index contributed by atoms with van der Waals surface area (Å²) in [5.74, 6) is -0.616. The summed E-state index contributed by atoms with van der Waals surface area (Å²) in [5, 5.41) is 9.28. The first-order valence-electron chi connectivity index (χ1n) is 4.47. The van der Waals surface area contributed by atoms with Crippen molar-refractivity contribution >= 4 is 12.0 Å². The van der Waals surface area contributed by atoms with Crippen LogP contribution in [0.2, 0.25) is 0 Å². The van der Waals surface area contributed by atoms with Crippen LogP contribution in [0.25, 0.3) is 0 Å². The lowest BCUT2D eigenvalue weighted by molar-refractivity contribution is -0.121. The molecule has 2 amide bonds. The Morgan fingerprint density at radius 1 is 1.64 bits per heavy atom. The summed E-state index contributed by atoms with van der Waals surface area (Å²) in [6.45, 7) is 2.01. The van der Waals surface area contributed by atoms with E-state index in [2.05, 4.69) is 0 Å². The first-order valence-corrected chi connectivity index (χ1v) is 4.47. The number of ether oxygens (including phenoxy) is 1. The zero-order chi connectivity index (χ0) is 10.7. The van der Waals surface area contributed by atoms with Gasteiger partial charge in [-0.2, -0.15) is 0 Å². The molecule has 1 heterocycles. The summed E-state index contributed by atoms with van der Waals surface area (Å²) in [6.07, 6.45) is -1.11. The fourth-order valence-corrected chi connectivity index (χ4v) is 1.49. The van der Waals surface area contributed by atoms with Crippen LogP contribution in [0.4, 0.5) is 4.79 Å². The number of aliphatic hydroxyl groups is 1. The summed E-state index contributed by atoms with van der Waals surface area (Å²) >= 11 is 0. The Labute approximate surface area is 81.6 Å². The molecule has 0 aromatic rings. The number of nitrogens with two attached hydrogens (primary N) is 1. The normalized spacial score (nSPS) is 26.3. The van der Waals surface area contributed by atoms with E-state index in [0.717, 1.165) is 4.90 Å². The molecule has 6 heteroatoms. The van der Waals surface area contributed by atoms with Crippen LogP contribution in [-0.4, -0.2) is 47.3 Å². The predicted molar refractivity (Wildman–Crippen MR) is 47.3 cm³/mol. The maximum Gasteiger partial charge on any atom is 0.410 e.